The summed E-state index contributed by atoms with van der Waals surface area (Å²) in [6, 6.07) is 4.92. The second kappa shape index (κ2) is 8.83. The third kappa shape index (κ3) is 6.64. The second-order valence-electron chi connectivity index (χ2n) is 5.13. The van der Waals surface area contributed by atoms with E-state index in [2.05, 4.69) is 26.1 Å². The highest BCUT2D eigenvalue weighted by atomic mass is 35.5. The van der Waals surface area contributed by atoms with Gasteiger partial charge in [0.25, 0.3) is 0 Å². The average Bonchev–Trinajstić information content (AvgIpc) is 2.33. The quantitative estimate of drug-likeness (QED) is 0.764. The topological polar surface area (TPSA) is 12.0 Å². The van der Waals surface area contributed by atoms with Gasteiger partial charge in [0.15, 0.2) is 0 Å². The molecule has 1 atom stereocenters. The van der Waals surface area contributed by atoms with Crippen LogP contribution >= 0.6 is 23.4 Å². The predicted molar refractivity (Wildman–Crippen MR) is 84.7 cm³/mol. The van der Waals surface area contributed by atoms with Gasteiger partial charge in [-0.05, 0) is 48.4 Å². The molecule has 1 aromatic rings. The lowest BCUT2D eigenvalue weighted by atomic mass is 10.1. The van der Waals surface area contributed by atoms with Crippen LogP contribution in [0.4, 0.5) is 4.39 Å². The van der Waals surface area contributed by atoms with Gasteiger partial charge in [-0.2, -0.15) is 11.8 Å². The molecule has 1 aromatic carbocycles. The van der Waals surface area contributed by atoms with Crippen molar-refractivity contribution in [3.05, 3.63) is 34.6 Å². The Hall–Kier alpha value is -0.250. The van der Waals surface area contributed by atoms with Crippen LogP contribution in [0.2, 0.25) is 5.02 Å². The van der Waals surface area contributed by atoms with Crippen molar-refractivity contribution >= 4 is 23.4 Å². The molecule has 0 radical (unpaired) electrons. The molecule has 1 unspecified atom stereocenters. The normalized spacial score (nSPS) is 12.9. The van der Waals surface area contributed by atoms with Crippen LogP contribution < -0.4 is 5.32 Å². The van der Waals surface area contributed by atoms with E-state index in [9.17, 15) is 4.39 Å². The first kappa shape index (κ1) is 16.8. The first-order valence-corrected chi connectivity index (χ1v) is 8.31. The number of rotatable bonds is 8. The number of likely N-dealkylation sites (N-methyl/N-ethyl adjacent to an activating group) is 1. The Kier molecular flexibility index (Phi) is 7.81. The lowest BCUT2D eigenvalue weighted by Crippen LogP contribution is -2.33. The molecule has 0 bridgehead atoms. The Morgan fingerprint density at radius 3 is 2.68 bits per heavy atom. The van der Waals surface area contributed by atoms with E-state index in [4.69, 9.17) is 11.6 Å². The summed E-state index contributed by atoms with van der Waals surface area (Å²) in [7, 11) is 0. The summed E-state index contributed by atoms with van der Waals surface area (Å²) in [5, 5.41) is 4.10. The largest absolute Gasteiger partial charge is 0.313 e. The van der Waals surface area contributed by atoms with E-state index in [0.29, 0.717) is 17.0 Å². The van der Waals surface area contributed by atoms with Gasteiger partial charge in [0.2, 0.25) is 0 Å². The van der Waals surface area contributed by atoms with E-state index < -0.39 is 0 Å². The highest BCUT2D eigenvalue weighted by molar-refractivity contribution is 7.99. The molecule has 19 heavy (non-hydrogen) atoms. The molecule has 0 aliphatic rings. The smallest absolute Gasteiger partial charge is 0.123 e. The molecule has 0 aliphatic carbocycles. The maximum atomic E-state index is 13.3. The van der Waals surface area contributed by atoms with E-state index >= 15 is 0 Å². The molecule has 1 N–H and O–H groups in total. The number of hydrogen-bond donors (Lipinski definition) is 1. The van der Waals surface area contributed by atoms with Crippen molar-refractivity contribution in [1.82, 2.24) is 5.32 Å². The maximum absolute atomic E-state index is 13.3. The first-order chi connectivity index (χ1) is 9.02. The third-order valence-electron chi connectivity index (χ3n) is 2.74. The van der Waals surface area contributed by atoms with E-state index in [0.717, 1.165) is 30.0 Å². The summed E-state index contributed by atoms with van der Waals surface area (Å²) in [6.07, 6.45) is 0.773. The van der Waals surface area contributed by atoms with Crippen LogP contribution in [0.5, 0.6) is 0 Å². The number of benzene rings is 1. The molecule has 0 saturated carbocycles. The summed E-state index contributed by atoms with van der Waals surface area (Å²) in [4.78, 5) is 0. The zero-order chi connectivity index (χ0) is 14.3. The van der Waals surface area contributed by atoms with Gasteiger partial charge in [-0.25, -0.2) is 4.39 Å². The molecule has 0 aliphatic heterocycles. The fourth-order valence-corrected chi connectivity index (χ4v) is 3.21. The Labute approximate surface area is 125 Å². The molecular formula is C15H23ClFNS. The Morgan fingerprint density at radius 1 is 1.32 bits per heavy atom. The minimum atomic E-state index is -0.218. The van der Waals surface area contributed by atoms with Gasteiger partial charge in [0, 0.05) is 16.8 Å². The molecule has 4 heteroatoms. The van der Waals surface area contributed by atoms with Gasteiger partial charge in [0.05, 0.1) is 0 Å². The zero-order valence-electron chi connectivity index (χ0n) is 11.9. The first-order valence-electron chi connectivity index (χ1n) is 6.78. The van der Waals surface area contributed by atoms with Crippen LogP contribution in [0.15, 0.2) is 18.2 Å². The van der Waals surface area contributed by atoms with E-state index in [-0.39, 0.29) is 5.82 Å². The molecular weight excluding hydrogens is 281 g/mol. The molecule has 0 heterocycles. The van der Waals surface area contributed by atoms with Gasteiger partial charge in [-0.3, -0.25) is 0 Å². The number of hydrogen-bond acceptors (Lipinski definition) is 2. The van der Waals surface area contributed by atoms with Crippen molar-refractivity contribution in [1.29, 1.82) is 0 Å². The number of nitrogens with one attached hydrogen (secondary N) is 1. The van der Waals surface area contributed by atoms with E-state index in [1.807, 2.05) is 11.8 Å². The summed E-state index contributed by atoms with van der Waals surface area (Å²) in [6.45, 7) is 7.45. The lowest BCUT2D eigenvalue weighted by molar-refractivity contribution is 0.567. The molecule has 0 saturated heterocycles. The van der Waals surface area contributed by atoms with Crippen molar-refractivity contribution in [3.8, 4) is 0 Å². The molecule has 0 spiro atoms. The summed E-state index contributed by atoms with van der Waals surface area (Å²) in [5.74, 6) is 2.66. The zero-order valence-corrected chi connectivity index (χ0v) is 13.5. The van der Waals surface area contributed by atoms with Crippen molar-refractivity contribution < 1.29 is 4.39 Å². The lowest BCUT2D eigenvalue weighted by Gasteiger charge is -2.19. The number of thioether (sulfide) groups is 1. The molecule has 0 amide bonds. The van der Waals surface area contributed by atoms with Crippen molar-refractivity contribution in [3.63, 3.8) is 0 Å². The highest BCUT2D eigenvalue weighted by Crippen LogP contribution is 2.20. The summed E-state index contributed by atoms with van der Waals surface area (Å²) < 4.78 is 13.3. The van der Waals surface area contributed by atoms with Crippen LogP contribution in [-0.2, 0) is 6.42 Å². The maximum Gasteiger partial charge on any atom is 0.123 e. The predicted octanol–water partition coefficient (Wildman–Crippen LogP) is 4.39. The SMILES string of the molecule is CCNC(CSCC(C)C)Cc1cc(F)ccc1Cl. The fraction of sp³-hybridized carbons (Fsp3) is 0.600. The van der Waals surface area contributed by atoms with Gasteiger partial charge in [-0.1, -0.05) is 32.4 Å². The minimum absolute atomic E-state index is 0.218. The van der Waals surface area contributed by atoms with Gasteiger partial charge in [-0.15, -0.1) is 0 Å². The van der Waals surface area contributed by atoms with Crippen LogP contribution in [0, 0.1) is 11.7 Å². The molecule has 0 fully saturated rings. The highest BCUT2D eigenvalue weighted by Gasteiger charge is 2.12. The van der Waals surface area contributed by atoms with Gasteiger partial charge in [0.1, 0.15) is 5.82 Å². The number of halogens is 2. The van der Waals surface area contributed by atoms with Crippen LogP contribution in [0.3, 0.4) is 0 Å². The molecule has 1 nitrogen and oxygen atoms in total. The van der Waals surface area contributed by atoms with E-state index in [1.54, 1.807) is 12.1 Å². The monoisotopic (exact) mass is 303 g/mol. The minimum Gasteiger partial charge on any atom is -0.313 e. The Bertz CT molecular complexity index is 384. The third-order valence-corrected chi connectivity index (χ3v) is 4.65. The van der Waals surface area contributed by atoms with Crippen molar-refractivity contribution in [2.75, 3.05) is 18.1 Å². The van der Waals surface area contributed by atoms with Gasteiger partial charge < -0.3 is 5.32 Å². The average molecular weight is 304 g/mol. The van der Waals surface area contributed by atoms with Gasteiger partial charge >= 0.3 is 0 Å². The fourth-order valence-electron chi connectivity index (χ4n) is 1.89. The second-order valence-corrected chi connectivity index (χ2v) is 6.61. The van der Waals surface area contributed by atoms with Crippen molar-refractivity contribution in [2.24, 2.45) is 5.92 Å². The summed E-state index contributed by atoms with van der Waals surface area (Å²) >= 11 is 8.06. The van der Waals surface area contributed by atoms with Crippen LogP contribution in [-0.4, -0.2) is 24.1 Å². The van der Waals surface area contributed by atoms with E-state index in [1.165, 1.54) is 6.07 Å². The summed E-state index contributed by atoms with van der Waals surface area (Å²) in [5.41, 5.74) is 0.887. The van der Waals surface area contributed by atoms with Crippen LogP contribution in [0.25, 0.3) is 0 Å². The molecule has 1 rings (SSSR count). The van der Waals surface area contributed by atoms with Crippen LogP contribution in [0.1, 0.15) is 26.3 Å². The molecule has 0 aromatic heterocycles. The van der Waals surface area contributed by atoms with Crippen molar-refractivity contribution in [2.45, 2.75) is 33.2 Å². The Morgan fingerprint density at radius 2 is 2.05 bits per heavy atom. The standard InChI is InChI=1S/C15H23ClFNS/c1-4-18-14(10-19-9-11(2)3)8-12-7-13(17)5-6-15(12)16/h5-7,11,14,18H,4,8-10H2,1-3H3. The molecule has 108 valence electrons. The Balaban J connectivity index is 2.58.